The minimum absolute atomic E-state index is 0.00360. The highest BCUT2D eigenvalue weighted by Gasteiger charge is 2.39. The van der Waals surface area contributed by atoms with Gasteiger partial charge in [0.15, 0.2) is 0 Å². The van der Waals surface area contributed by atoms with E-state index in [9.17, 15) is 19.5 Å². The van der Waals surface area contributed by atoms with E-state index in [1.165, 1.54) is 30.3 Å². The first kappa shape index (κ1) is 16.5. The number of amides is 2. The van der Waals surface area contributed by atoms with Gasteiger partial charge in [0.25, 0.3) is 5.91 Å². The Morgan fingerprint density at radius 2 is 1.96 bits per heavy atom. The van der Waals surface area contributed by atoms with E-state index in [0.717, 1.165) is 10.5 Å². The standard InChI is InChI=1S/C18H16N2O5/c1-10-7-13(21)5-6-14(10)19-15-9-16(22)20(17(15)23)12-4-2-3-11(8-12)18(24)25/h2-8,15,19,21H,9H2,1H3,(H,24,25). The van der Waals surface area contributed by atoms with Gasteiger partial charge in [0.1, 0.15) is 11.8 Å². The van der Waals surface area contributed by atoms with E-state index < -0.39 is 23.8 Å². The summed E-state index contributed by atoms with van der Waals surface area (Å²) in [5.41, 5.74) is 1.63. The van der Waals surface area contributed by atoms with Crippen LogP contribution in [0.3, 0.4) is 0 Å². The molecule has 3 rings (SSSR count). The van der Waals surface area contributed by atoms with E-state index in [-0.39, 0.29) is 23.4 Å². The summed E-state index contributed by atoms with van der Waals surface area (Å²) in [5.74, 6) is -1.86. The van der Waals surface area contributed by atoms with Crippen LogP contribution in [0.15, 0.2) is 42.5 Å². The number of carboxylic acids is 1. The van der Waals surface area contributed by atoms with E-state index in [1.54, 1.807) is 19.1 Å². The summed E-state index contributed by atoms with van der Waals surface area (Å²) in [6.45, 7) is 1.78. The lowest BCUT2D eigenvalue weighted by molar-refractivity contribution is -0.121. The molecule has 7 nitrogen and oxygen atoms in total. The Morgan fingerprint density at radius 1 is 1.20 bits per heavy atom. The highest BCUT2D eigenvalue weighted by Crippen LogP contribution is 2.27. The second-order valence-electron chi connectivity index (χ2n) is 5.82. The molecule has 128 valence electrons. The molecule has 1 fully saturated rings. The molecule has 1 saturated heterocycles. The summed E-state index contributed by atoms with van der Waals surface area (Å²) in [6, 6.07) is 9.64. The monoisotopic (exact) mass is 340 g/mol. The number of nitrogens with zero attached hydrogens (tertiary/aromatic N) is 1. The normalized spacial score (nSPS) is 17.0. The maximum atomic E-state index is 12.6. The van der Waals surface area contributed by atoms with Gasteiger partial charge in [0.2, 0.25) is 5.91 Å². The van der Waals surface area contributed by atoms with Crippen LogP contribution in [0, 0.1) is 6.92 Å². The highest BCUT2D eigenvalue weighted by molar-refractivity contribution is 6.23. The van der Waals surface area contributed by atoms with Crippen molar-refractivity contribution >= 4 is 29.2 Å². The predicted molar refractivity (Wildman–Crippen MR) is 90.8 cm³/mol. The van der Waals surface area contributed by atoms with Crippen molar-refractivity contribution in [3.63, 3.8) is 0 Å². The molecule has 0 bridgehead atoms. The summed E-state index contributed by atoms with van der Waals surface area (Å²) in [5, 5.41) is 21.5. The third-order valence-electron chi connectivity index (χ3n) is 4.04. The molecule has 0 aliphatic carbocycles. The molecule has 2 aromatic rings. The van der Waals surface area contributed by atoms with Gasteiger partial charge in [-0.2, -0.15) is 0 Å². The van der Waals surface area contributed by atoms with Gasteiger partial charge >= 0.3 is 5.97 Å². The van der Waals surface area contributed by atoms with Crippen molar-refractivity contribution in [1.29, 1.82) is 0 Å². The molecule has 1 aliphatic rings. The Hall–Kier alpha value is -3.35. The molecule has 1 aliphatic heterocycles. The second-order valence-corrected chi connectivity index (χ2v) is 5.82. The fourth-order valence-corrected chi connectivity index (χ4v) is 2.79. The second kappa shape index (κ2) is 6.27. The van der Waals surface area contributed by atoms with Crippen LogP contribution in [0.25, 0.3) is 0 Å². The zero-order chi connectivity index (χ0) is 18.1. The number of hydrogen-bond donors (Lipinski definition) is 3. The molecular weight excluding hydrogens is 324 g/mol. The molecule has 0 radical (unpaired) electrons. The number of carbonyl (C=O) groups excluding carboxylic acids is 2. The number of imide groups is 1. The number of anilines is 2. The van der Waals surface area contributed by atoms with Crippen LogP contribution < -0.4 is 10.2 Å². The largest absolute Gasteiger partial charge is 0.508 e. The van der Waals surface area contributed by atoms with Crippen LogP contribution in [0.4, 0.5) is 11.4 Å². The fourth-order valence-electron chi connectivity index (χ4n) is 2.79. The number of aromatic carboxylic acids is 1. The maximum absolute atomic E-state index is 12.6. The van der Waals surface area contributed by atoms with Gasteiger partial charge in [-0.3, -0.25) is 9.59 Å². The van der Waals surface area contributed by atoms with Crippen molar-refractivity contribution in [3.05, 3.63) is 53.6 Å². The molecule has 1 unspecified atom stereocenters. The van der Waals surface area contributed by atoms with Gasteiger partial charge in [0, 0.05) is 5.69 Å². The number of carbonyl (C=O) groups is 3. The number of benzene rings is 2. The first-order valence-electron chi connectivity index (χ1n) is 7.63. The van der Waals surface area contributed by atoms with Crippen LogP contribution in [0.5, 0.6) is 5.75 Å². The minimum atomic E-state index is -1.13. The average molecular weight is 340 g/mol. The molecule has 0 aromatic heterocycles. The van der Waals surface area contributed by atoms with Crippen LogP contribution in [-0.4, -0.2) is 34.0 Å². The number of phenolic OH excluding ortho intramolecular Hbond substituents is 1. The topological polar surface area (TPSA) is 107 Å². The number of hydrogen-bond acceptors (Lipinski definition) is 5. The predicted octanol–water partition coefficient (Wildman–Crippen LogP) is 2.14. The zero-order valence-corrected chi connectivity index (χ0v) is 13.4. The Bertz CT molecular complexity index is 878. The van der Waals surface area contributed by atoms with E-state index >= 15 is 0 Å². The number of carboxylic acid groups (broad SMARTS) is 1. The quantitative estimate of drug-likeness (QED) is 0.581. The van der Waals surface area contributed by atoms with Crippen LogP contribution in [0.2, 0.25) is 0 Å². The molecule has 0 spiro atoms. The van der Waals surface area contributed by atoms with Gasteiger partial charge in [0.05, 0.1) is 17.7 Å². The van der Waals surface area contributed by atoms with Crippen molar-refractivity contribution in [3.8, 4) is 5.75 Å². The Kier molecular flexibility index (Phi) is 4.14. The lowest BCUT2D eigenvalue weighted by atomic mass is 10.1. The van der Waals surface area contributed by atoms with E-state index in [0.29, 0.717) is 5.69 Å². The molecular formula is C18H16N2O5. The molecule has 1 heterocycles. The number of rotatable bonds is 4. The summed E-state index contributed by atoms with van der Waals surface area (Å²) in [4.78, 5) is 37.0. The van der Waals surface area contributed by atoms with Gasteiger partial charge in [-0.05, 0) is 48.9 Å². The zero-order valence-electron chi connectivity index (χ0n) is 13.4. The van der Waals surface area contributed by atoms with E-state index in [1.807, 2.05) is 0 Å². The number of aromatic hydroxyl groups is 1. The summed E-state index contributed by atoms with van der Waals surface area (Å²) in [6.07, 6.45) is -0.0313. The van der Waals surface area contributed by atoms with Gasteiger partial charge < -0.3 is 15.5 Å². The molecule has 3 N–H and O–H groups in total. The molecule has 2 amide bonds. The van der Waals surface area contributed by atoms with Gasteiger partial charge in [-0.15, -0.1) is 0 Å². The maximum Gasteiger partial charge on any atom is 0.335 e. The van der Waals surface area contributed by atoms with Crippen LogP contribution in [-0.2, 0) is 9.59 Å². The van der Waals surface area contributed by atoms with Crippen molar-refractivity contribution in [1.82, 2.24) is 0 Å². The highest BCUT2D eigenvalue weighted by atomic mass is 16.4. The third kappa shape index (κ3) is 3.16. The van der Waals surface area contributed by atoms with Crippen molar-refractivity contribution in [2.45, 2.75) is 19.4 Å². The van der Waals surface area contributed by atoms with Crippen molar-refractivity contribution < 1.29 is 24.6 Å². The van der Waals surface area contributed by atoms with Gasteiger partial charge in [-0.1, -0.05) is 6.07 Å². The third-order valence-corrected chi connectivity index (χ3v) is 4.04. The number of nitrogens with one attached hydrogen (secondary N) is 1. The van der Waals surface area contributed by atoms with Crippen LogP contribution >= 0.6 is 0 Å². The number of aryl methyl sites for hydroxylation is 1. The first-order valence-corrected chi connectivity index (χ1v) is 7.63. The molecule has 0 saturated carbocycles. The first-order chi connectivity index (χ1) is 11.9. The minimum Gasteiger partial charge on any atom is -0.508 e. The molecule has 1 atom stereocenters. The Balaban J connectivity index is 1.85. The van der Waals surface area contributed by atoms with Crippen molar-refractivity contribution in [2.75, 3.05) is 10.2 Å². The summed E-state index contributed by atoms with van der Waals surface area (Å²) in [7, 11) is 0. The Morgan fingerprint density at radius 3 is 2.64 bits per heavy atom. The SMILES string of the molecule is Cc1cc(O)ccc1NC1CC(=O)N(c2cccc(C(=O)O)c2)C1=O. The molecule has 7 heteroatoms. The molecule has 2 aromatic carbocycles. The molecule has 25 heavy (non-hydrogen) atoms. The lowest BCUT2D eigenvalue weighted by Crippen LogP contribution is -2.35. The van der Waals surface area contributed by atoms with E-state index in [4.69, 9.17) is 5.11 Å². The average Bonchev–Trinajstić information content (AvgIpc) is 2.84. The lowest BCUT2D eigenvalue weighted by Gasteiger charge is -2.17. The van der Waals surface area contributed by atoms with Gasteiger partial charge in [-0.25, -0.2) is 9.69 Å². The fraction of sp³-hybridized carbons (Fsp3) is 0.167. The summed E-state index contributed by atoms with van der Waals surface area (Å²) >= 11 is 0. The number of phenols is 1. The van der Waals surface area contributed by atoms with E-state index in [2.05, 4.69) is 5.32 Å². The van der Waals surface area contributed by atoms with Crippen LogP contribution in [0.1, 0.15) is 22.3 Å². The smallest absolute Gasteiger partial charge is 0.335 e. The Labute approximate surface area is 143 Å². The van der Waals surface area contributed by atoms with Crippen molar-refractivity contribution in [2.24, 2.45) is 0 Å². The summed E-state index contributed by atoms with van der Waals surface area (Å²) < 4.78 is 0.